The lowest BCUT2D eigenvalue weighted by atomic mass is 10.0. The molecule has 0 aliphatic carbocycles. The molecule has 2 N–H and O–H groups in total. The molecule has 2 aromatic heterocycles. The Labute approximate surface area is 110 Å². The lowest BCUT2D eigenvalue weighted by Crippen LogP contribution is -1.98. The van der Waals surface area contributed by atoms with Crippen molar-refractivity contribution in [2.75, 3.05) is 12.8 Å². The van der Waals surface area contributed by atoms with E-state index < -0.39 is 0 Å². The summed E-state index contributed by atoms with van der Waals surface area (Å²) in [5, 5.41) is 4.20. The van der Waals surface area contributed by atoms with E-state index in [0.29, 0.717) is 0 Å². The van der Waals surface area contributed by atoms with E-state index in [1.807, 2.05) is 43.3 Å². The van der Waals surface area contributed by atoms with E-state index in [1.54, 1.807) is 11.6 Å². The molecule has 5 heteroatoms. The van der Waals surface area contributed by atoms with Gasteiger partial charge in [-0.05, 0) is 25.1 Å². The summed E-state index contributed by atoms with van der Waals surface area (Å²) in [6, 6.07) is 11.8. The third-order valence-corrected chi connectivity index (χ3v) is 3.15. The van der Waals surface area contributed by atoms with E-state index in [2.05, 4.69) is 10.1 Å². The first kappa shape index (κ1) is 11.5. The third kappa shape index (κ3) is 1.79. The van der Waals surface area contributed by atoms with E-state index in [0.717, 1.165) is 28.2 Å². The summed E-state index contributed by atoms with van der Waals surface area (Å²) in [7, 11) is 1.67. The van der Waals surface area contributed by atoms with E-state index >= 15 is 0 Å². The lowest BCUT2D eigenvalue weighted by molar-refractivity contribution is 0.416. The van der Waals surface area contributed by atoms with E-state index in [-0.39, 0.29) is 5.95 Å². The summed E-state index contributed by atoms with van der Waals surface area (Å²) in [4.78, 5) is 4.15. The van der Waals surface area contributed by atoms with Crippen LogP contribution >= 0.6 is 0 Å². The zero-order valence-corrected chi connectivity index (χ0v) is 10.8. The minimum Gasteiger partial charge on any atom is -0.496 e. The highest BCUT2D eigenvalue weighted by Gasteiger charge is 2.11. The van der Waals surface area contributed by atoms with Crippen LogP contribution in [-0.4, -0.2) is 21.7 Å². The molecule has 19 heavy (non-hydrogen) atoms. The van der Waals surface area contributed by atoms with Crippen molar-refractivity contribution in [3.8, 4) is 16.9 Å². The molecule has 5 nitrogen and oxygen atoms in total. The Bertz CT molecular complexity index is 748. The number of fused-ring (bicyclic) bond motifs is 1. The number of pyridine rings is 1. The number of nitrogens with zero attached hydrogens (tertiary/aromatic N) is 3. The van der Waals surface area contributed by atoms with Gasteiger partial charge in [-0.1, -0.05) is 18.2 Å². The number of aromatic nitrogens is 3. The van der Waals surface area contributed by atoms with E-state index in [1.165, 1.54) is 0 Å². The summed E-state index contributed by atoms with van der Waals surface area (Å²) in [6.45, 7) is 1.99. The fourth-order valence-electron chi connectivity index (χ4n) is 2.24. The van der Waals surface area contributed by atoms with Gasteiger partial charge in [0.25, 0.3) is 0 Å². The van der Waals surface area contributed by atoms with Crippen molar-refractivity contribution in [2.24, 2.45) is 0 Å². The number of aryl methyl sites for hydroxylation is 1. The lowest BCUT2D eigenvalue weighted by Gasteiger charge is -2.11. The molecule has 0 bridgehead atoms. The maximum atomic E-state index is 5.64. The minimum atomic E-state index is 0.278. The van der Waals surface area contributed by atoms with Gasteiger partial charge in [0, 0.05) is 16.8 Å². The van der Waals surface area contributed by atoms with Crippen LogP contribution in [0.2, 0.25) is 0 Å². The minimum absolute atomic E-state index is 0.278. The van der Waals surface area contributed by atoms with Gasteiger partial charge in [-0.25, -0.2) is 4.52 Å². The number of benzene rings is 1. The SMILES string of the molecule is COc1ccccc1-c1ccc2nc(N)nn2c1C. The van der Waals surface area contributed by atoms with E-state index in [4.69, 9.17) is 10.5 Å². The Morgan fingerprint density at radius 3 is 2.68 bits per heavy atom. The fourth-order valence-corrected chi connectivity index (χ4v) is 2.24. The first-order valence-corrected chi connectivity index (χ1v) is 5.96. The van der Waals surface area contributed by atoms with Gasteiger partial charge in [0.1, 0.15) is 5.75 Å². The molecule has 0 saturated carbocycles. The Morgan fingerprint density at radius 1 is 1.11 bits per heavy atom. The van der Waals surface area contributed by atoms with Crippen LogP contribution in [0.1, 0.15) is 5.69 Å². The first-order valence-electron chi connectivity index (χ1n) is 5.96. The first-order chi connectivity index (χ1) is 9.20. The molecule has 3 rings (SSSR count). The summed E-state index contributed by atoms with van der Waals surface area (Å²) in [6.07, 6.45) is 0. The molecule has 96 valence electrons. The van der Waals surface area contributed by atoms with Crippen molar-refractivity contribution in [3.05, 3.63) is 42.1 Å². The maximum Gasteiger partial charge on any atom is 0.240 e. The van der Waals surface area contributed by atoms with Crippen LogP contribution in [-0.2, 0) is 0 Å². The van der Waals surface area contributed by atoms with Crippen LogP contribution in [0.25, 0.3) is 16.8 Å². The van der Waals surface area contributed by atoms with Crippen molar-refractivity contribution in [3.63, 3.8) is 0 Å². The van der Waals surface area contributed by atoms with Crippen molar-refractivity contribution in [1.82, 2.24) is 14.6 Å². The van der Waals surface area contributed by atoms with Gasteiger partial charge in [0.05, 0.1) is 7.11 Å². The molecule has 0 radical (unpaired) electrons. The van der Waals surface area contributed by atoms with Crippen LogP contribution < -0.4 is 10.5 Å². The zero-order valence-electron chi connectivity index (χ0n) is 10.8. The third-order valence-electron chi connectivity index (χ3n) is 3.15. The number of hydrogen-bond donors (Lipinski definition) is 1. The number of nitrogen functional groups attached to an aromatic ring is 1. The van der Waals surface area contributed by atoms with Gasteiger partial charge in [-0.15, -0.1) is 5.10 Å². The molecule has 0 atom stereocenters. The summed E-state index contributed by atoms with van der Waals surface area (Å²) in [5.74, 6) is 1.11. The molecule has 0 saturated heterocycles. The van der Waals surface area contributed by atoms with Gasteiger partial charge >= 0.3 is 0 Å². The van der Waals surface area contributed by atoms with Crippen LogP contribution in [0, 0.1) is 6.92 Å². The number of methoxy groups -OCH3 is 1. The number of para-hydroxylation sites is 1. The predicted molar refractivity (Wildman–Crippen MR) is 74.1 cm³/mol. The highest BCUT2D eigenvalue weighted by Crippen LogP contribution is 2.32. The summed E-state index contributed by atoms with van der Waals surface area (Å²) >= 11 is 0. The van der Waals surface area contributed by atoms with Crippen molar-refractivity contribution in [1.29, 1.82) is 0 Å². The predicted octanol–water partition coefficient (Wildman–Crippen LogP) is 2.30. The largest absolute Gasteiger partial charge is 0.496 e. The Morgan fingerprint density at radius 2 is 1.89 bits per heavy atom. The number of nitrogens with two attached hydrogens (primary N) is 1. The molecule has 0 aliphatic heterocycles. The second-order valence-corrected chi connectivity index (χ2v) is 4.27. The number of rotatable bonds is 2. The average Bonchev–Trinajstić information content (AvgIpc) is 2.81. The van der Waals surface area contributed by atoms with Crippen LogP contribution in [0.5, 0.6) is 5.75 Å². The van der Waals surface area contributed by atoms with Gasteiger partial charge in [-0.3, -0.25) is 0 Å². The normalized spacial score (nSPS) is 10.8. The van der Waals surface area contributed by atoms with Crippen molar-refractivity contribution < 1.29 is 4.74 Å². The Balaban J connectivity index is 2.28. The van der Waals surface area contributed by atoms with Gasteiger partial charge in [-0.2, -0.15) is 4.98 Å². The fraction of sp³-hybridized carbons (Fsp3) is 0.143. The monoisotopic (exact) mass is 254 g/mol. The van der Waals surface area contributed by atoms with Gasteiger partial charge in [0.15, 0.2) is 5.65 Å². The maximum absolute atomic E-state index is 5.64. The molecule has 0 aliphatic rings. The topological polar surface area (TPSA) is 65.4 Å². The molecule has 1 aromatic carbocycles. The van der Waals surface area contributed by atoms with Crippen molar-refractivity contribution >= 4 is 11.6 Å². The molecule has 2 heterocycles. The molecule has 3 aromatic rings. The van der Waals surface area contributed by atoms with Crippen LogP contribution in [0.4, 0.5) is 5.95 Å². The van der Waals surface area contributed by atoms with Crippen LogP contribution in [0.3, 0.4) is 0 Å². The second kappa shape index (κ2) is 4.28. The van der Waals surface area contributed by atoms with E-state index in [9.17, 15) is 0 Å². The van der Waals surface area contributed by atoms with Crippen LogP contribution in [0.15, 0.2) is 36.4 Å². The molecule has 0 fully saturated rings. The quantitative estimate of drug-likeness (QED) is 0.762. The summed E-state index contributed by atoms with van der Waals surface area (Å²) < 4.78 is 7.15. The molecule has 0 amide bonds. The molecular weight excluding hydrogens is 240 g/mol. The Hall–Kier alpha value is -2.56. The molecular formula is C14H14N4O. The average molecular weight is 254 g/mol. The van der Waals surface area contributed by atoms with Crippen molar-refractivity contribution in [2.45, 2.75) is 6.92 Å². The molecule has 0 unspecified atom stereocenters. The van der Waals surface area contributed by atoms with Gasteiger partial charge in [0.2, 0.25) is 5.95 Å². The number of ether oxygens (including phenoxy) is 1. The highest BCUT2D eigenvalue weighted by atomic mass is 16.5. The molecule has 0 spiro atoms. The number of hydrogen-bond acceptors (Lipinski definition) is 4. The van der Waals surface area contributed by atoms with Gasteiger partial charge < -0.3 is 10.5 Å². The number of anilines is 1. The summed E-state index contributed by atoms with van der Waals surface area (Å²) in [5.41, 5.74) is 9.44. The standard InChI is InChI=1S/C14H14N4O/c1-9-10(11-5-3-4-6-12(11)19-2)7-8-13-16-14(15)17-18(9)13/h3-8H,1-2H3,(H2,15,17). The smallest absolute Gasteiger partial charge is 0.240 e. The second-order valence-electron chi connectivity index (χ2n) is 4.27. The zero-order chi connectivity index (χ0) is 13.4. The highest BCUT2D eigenvalue weighted by molar-refractivity contribution is 5.73. The Kier molecular flexibility index (Phi) is 2.59.